The van der Waals surface area contributed by atoms with E-state index in [9.17, 15) is 9.59 Å². The van der Waals surface area contributed by atoms with E-state index < -0.39 is 5.97 Å². The van der Waals surface area contributed by atoms with Crippen LogP contribution in [0.1, 0.15) is 0 Å². The largest absolute Gasteiger partial charge is 0.493 e. The van der Waals surface area contributed by atoms with Crippen molar-refractivity contribution in [2.24, 2.45) is 0 Å². The van der Waals surface area contributed by atoms with E-state index in [1.807, 2.05) is 0 Å². The molecule has 0 saturated carbocycles. The molecule has 2 aromatic rings. The Morgan fingerprint density at radius 3 is 2.53 bits per heavy atom. The summed E-state index contributed by atoms with van der Waals surface area (Å²) in [5, 5.41) is 12.0. The highest BCUT2D eigenvalue weighted by atomic mass is 16.5. The Labute approximate surface area is 108 Å². The quantitative estimate of drug-likeness (QED) is 0.754. The summed E-state index contributed by atoms with van der Waals surface area (Å²) < 4.78 is 11.5. The molecule has 100 valence electrons. The zero-order valence-electron chi connectivity index (χ0n) is 10.5. The van der Waals surface area contributed by atoms with E-state index in [2.05, 4.69) is 5.10 Å². The lowest BCUT2D eigenvalue weighted by atomic mass is 10.2. The van der Waals surface area contributed by atoms with E-state index in [1.165, 1.54) is 25.1 Å². The Morgan fingerprint density at radius 1 is 1.32 bits per heavy atom. The Bertz CT molecular complexity index is 692. The molecule has 0 aliphatic rings. The molecule has 7 nitrogen and oxygen atoms in total. The SMILES string of the molecule is COc1cc2[nH][n+](CC(=O)O)cc(=O)c2cc1OC. The van der Waals surface area contributed by atoms with Crippen LogP contribution < -0.4 is 19.6 Å². The van der Waals surface area contributed by atoms with Crippen LogP contribution in [0.4, 0.5) is 0 Å². The van der Waals surface area contributed by atoms with Gasteiger partial charge in [0.15, 0.2) is 11.5 Å². The first-order valence-electron chi connectivity index (χ1n) is 5.45. The second-order valence-electron chi connectivity index (χ2n) is 3.88. The maximum absolute atomic E-state index is 11.9. The van der Waals surface area contributed by atoms with Crippen molar-refractivity contribution in [1.82, 2.24) is 5.10 Å². The number of nitrogens with zero attached hydrogens (tertiary/aromatic N) is 1. The number of hydrogen-bond acceptors (Lipinski definition) is 4. The summed E-state index contributed by atoms with van der Waals surface area (Å²) in [6, 6.07) is 3.14. The van der Waals surface area contributed by atoms with Gasteiger partial charge in [0.05, 0.1) is 19.6 Å². The van der Waals surface area contributed by atoms with Crippen LogP contribution in [0.25, 0.3) is 10.9 Å². The van der Waals surface area contributed by atoms with Gasteiger partial charge in [-0.3, -0.25) is 4.79 Å². The summed E-state index contributed by atoms with van der Waals surface area (Å²) in [5.41, 5.74) is 0.183. The van der Waals surface area contributed by atoms with Gasteiger partial charge < -0.3 is 14.6 Å². The monoisotopic (exact) mass is 265 g/mol. The Kier molecular flexibility index (Phi) is 3.37. The first kappa shape index (κ1) is 12.9. The number of benzene rings is 1. The second kappa shape index (κ2) is 4.97. The van der Waals surface area contributed by atoms with Crippen molar-refractivity contribution in [2.45, 2.75) is 6.54 Å². The molecule has 0 fully saturated rings. The molecule has 0 saturated heterocycles. The average Bonchev–Trinajstić information content (AvgIpc) is 2.36. The van der Waals surface area contributed by atoms with Crippen LogP contribution in [0.5, 0.6) is 11.5 Å². The van der Waals surface area contributed by atoms with Crippen LogP contribution >= 0.6 is 0 Å². The fraction of sp³-hybridized carbons (Fsp3) is 0.250. The molecule has 1 heterocycles. The molecular weight excluding hydrogens is 252 g/mol. The van der Waals surface area contributed by atoms with E-state index in [0.717, 1.165) is 0 Å². The third-order valence-electron chi connectivity index (χ3n) is 2.63. The molecule has 1 aromatic heterocycles. The predicted octanol–water partition coefficient (Wildman–Crippen LogP) is -0.0826. The topological polar surface area (TPSA) is 92.5 Å². The van der Waals surface area contributed by atoms with Crippen molar-refractivity contribution in [3.8, 4) is 11.5 Å². The highest BCUT2D eigenvalue weighted by molar-refractivity contribution is 5.81. The highest BCUT2D eigenvalue weighted by Crippen LogP contribution is 2.29. The van der Waals surface area contributed by atoms with Gasteiger partial charge in [0.1, 0.15) is 5.52 Å². The Hall–Kier alpha value is -2.57. The van der Waals surface area contributed by atoms with Crippen LogP contribution in [0, 0.1) is 0 Å². The smallest absolute Gasteiger partial charge is 0.372 e. The van der Waals surface area contributed by atoms with Crippen LogP contribution in [-0.2, 0) is 11.3 Å². The molecule has 7 heteroatoms. The first-order chi connectivity index (χ1) is 9.05. The molecule has 0 atom stereocenters. The number of carbonyl (C=O) groups is 1. The second-order valence-corrected chi connectivity index (χ2v) is 3.88. The zero-order valence-corrected chi connectivity index (χ0v) is 10.5. The third kappa shape index (κ3) is 2.49. The number of rotatable bonds is 4. The molecule has 0 radical (unpaired) electrons. The summed E-state index contributed by atoms with van der Waals surface area (Å²) in [4.78, 5) is 22.6. The van der Waals surface area contributed by atoms with Crippen molar-refractivity contribution in [2.75, 3.05) is 14.2 Å². The molecule has 0 amide bonds. The number of nitrogens with one attached hydrogen (secondary N) is 1. The van der Waals surface area contributed by atoms with Gasteiger partial charge >= 0.3 is 5.97 Å². The minimum Gasteiger partial charge on any atom is -0.493 e. The zero-order chi connectivity index (χ0) is 14.0. The molecule has 2 rings (SSSR count). The van der Waals surface area contributed by atoms with E-state index in [4.69, 9.17) is 14.6 Å². The molecular formula is C12H13N2O5+. The van der Waals surface area contributed by atoms with Gasteiger partial charge in [-0.2, -0.15) is 5.10 Å². The number of aliphatic carboxylic acids is 1. The number of hydrogen-bond donors (Lipinski definition) is 2. The third-order valence-corrected chi connectivity index (χ3v) is 2.63. The van der Waals surface area contributed by atoms with Crippen molar-refractivity contribution >= 4 is 16.9 Å². The van der Waals surface area contributed by atoms with Crippen LogP contribution in [0.3, 0.4) is 0 Å². The predicted molar refractivity (Wildman–Crippen MR) is 65.5 cm³/mol. The Morgan fingerprint density at radius 2 is 1.95 bits per heavy atom. The molecule has 1 aromatic carbocycles. The number of methoxy groups -OCH3 is 2. The van der Waals surface area contributed by atoms with E-state index in [-0.39, 0.29) is 12.0 Å². The van der Waals surface area contributed by atoms with Gasteiger partial charge in [0.25, 0.3) is 12.0 Å². The Balaban J connectivity index is 2.67. The van der Waals surface area contributed by atoms with Gasteiger partial charge in [-0.15, -0.1) is 4.68 Å². The standard InChI is InChI=1S/C12H12N2O5/c1-18-10-3-7-8(4-11(10)19-2)13-14(5-9(7)15)6-12(16)17/h3-5H,6H2,1-2H3,(H-,13,15,16,17)/p+1. The normalized spacial score (nSPS) is 10.4. The summed E-state index contributed by atoms with van der Waals surface area (Å²) in [5.74, 6) is -0.143. The van der Waals surface area contributed by atoms with Crippen molar-refractivity contribution in [3.63, 3.8) is 0 Å². The van der Waals surface area contributed by atoms with Crippen molar-refractivity contribution < 1.29 is 24.1 Å². The van der Waals surface area contributed by atoms with Crippen LogP contribution in [0.15, 0.2) is 23.1 Å². The summed E-state index contributed by atoms with van der Waals surface area (Å²) in [7, 11) is 2.96. The van der Waals surface area contributed by atoms with Crippen LogP contribution in [0.2, 0.25) is 0 Å². The maximum atomic E-state index is 11.9. The number of H-pyrrole nitrogens is 1. The summed E-state index contributed by atoms with van der Waals surface area (Å²) in [6.45, 7) is -0.320. The molecule has 0 unspecified atom stereocenters. The number of aromatic amines is 1. The number of carboxylic acid groups (broad SMARTS) is 1. The average molecular weight is 265 g/mol. The lowest BCUT2D eigenvalue weighted by Gasteiger charge is -2.07. The molecule has 0 aliphatic carbocycles. The van der Waals surface area contributed by atoms with Gasteiger partial charge in [-0.05, 0) is 6.07 Å². The first-order valence-corrected chi connectivity index (χ1v) is 5.45. The fourth-order valence-corrected chi connectivity index (χ4v) is 1.80. The lowest BCUT2D eigenvalue weighted by molar-refractivity contribution is -0.741. The van der Waals surface area contributed by atoms with Gasteiger partial charge in [-0.1, -0.05) is 0 Å². The van der Waals surface area contributed by atoms with E-state index in [0.29, 0.717) is 22.4 Å². The van der Waals surface area contributed by atoms with Crippen molar-refractivity contribution in [3.05, 3.63) is 28.6 Å². The lowest BCUT2D eigenvalue weighted by Crippen LogP contribution is -2.44. The number of aromatic nitrogens is 2. The molecule has 0 aliphatic heterocycles. The fourth-order valence-electron chi connectivity index (χ4n) is 1.80. The molecule has 0 bridgehead atoms. The minimum absolute atomic E-state index is 0.295. The minimum atomic E-state index is -1.04. The van der Waals surface area contributed by atoms with Gasteiger partial charge in [0, 0.05) is 6.07 Å². The maximum Gasteiger partial charge on any atom is 0.372 e. The van der Waals surface area contributed by atoms with Gasteiger partial charge in [-0.25, -0.2) is 4.79 Å². The number of fused-ring (bicyclic) bond motifs is 1. The van der Waals surface area contributed by atoms with Gasteiger partial charge in [0.2, 0.25) is 6.20 Å². The van der Waals surface area contributed by atoms with E-state index >= 15 is 0 Å². The van der Waals surface area contributed by atoms with E-state index in [1.54, 1.807) is 12.1 Å². The van der Waals surface area contributed by atoms with Crippen molar-refractivity contribution in [1.29, 1.82) is 0 Å². The summed E-state index contributed by atoms with van der Waals surface area (Å²) in [6.07, 6.45) is 1.20. The molecule has 0 spiro atoms. The summed E-state index contributed by atoms with van der Waals surface area (Å²) >= 11 is 0. The molecule has 2 N–H and O–H groups in total. The molecule has 19 heavy (non-hydrogen) atoms. The number of ether oxygens (including phenoxy) is 2. The number of carboxylic acids is 1. The highest BCUT2D eigenvalue weighted by Gasteiger charge is 2.15. The van der Waals surface area contributed by atoms with Crippen LogP contribution in [-0.4, -0.2) is 30.4 Å².